The smallest absolute Gasteiger partial charge is 0.207 e. The van der Waals surface area contributed by atoms with Crippen LogP contribution >= 0.6 is 0 Å². The third kappa shape index (κ3) is 3.46. The molecule has 0 bridgehead atoms. The van der Waals surface area contributed by atoms with Gasteiger partial charge in [0, 0.05) is 6.54 Å². The zero-order valence-corrected chi connectivity index (χ0v) is 14.0. The van der Waals surface area contributed by atoms with Gasteiger partial charge in [0.15, 0.2) is 0 Å². The fourth-order valence-electron chi connectivity index (χ4n) is 3.18. The van der Waals surface area contributed by atoms with Crippen molar-refractivity contribution in [2.45, 2.75) is 30.0 Å². The lowest BCUT2D eigenvalue weighted by Gasteiger charge is -2.26. The van der Waals surface area contributed by atoms with Gasteiger partial charge in [0.05, 0.1) is 16.5 Å². The summed E-state index contributed by atoms with van der Waals surface area (Å²) >= 11 is 0. The quantitative estimate of drug-likeness (QED) is 0.785. The summed E-state index contributed by atoms with van der Waals surface area (Å²) in [6.45, 7) is 0.175. The molecule has 1 aliphatic heterocycles. The Morgan fingerprint density at radius 2 is 1.80 bits per heavy atom. The number of sulfonamides is 1. The van der Waals surface area contributed by atoms with E-state index in [4.69, 9.17) is 7.85 Å². The van der Waals surface area contributed by atoms with Crippen LogP contribution < -0.4 is 5.46 Å². The molecule has 1 fully saturated rings. The van der Waals surface area contributed by atoms with Crippen LogP contribution in [-0.4, -0.2) is 27.1 Å². The Hall–Kier alpha value is -1.80. The third-order valence-electron chi connectivity index (χ3n) is 4.28. The summed E-state index contributed by atoms with van der Waals surface area (Å²) in [5.41, 5.74) is 0.0243. The molecular weight excluding hydrogens is 350 g/mol. The van der Waals surface area contributed by atoms with Crippen molar-refractivity contribution in [2.75, 3.05) is 6.54 Å². The van der Waals surface area contributed by atoms with Crippen LogP contribution in [0, 0.1) is 0 Å². The summed E-state index contributed by atoms with van der Waals surface area (Å²) in [7, 11) is 1.47. The van der Waals surface area contributed by atoms with Crippen LogP contribution in [0.5, 0.6) is 0 Å². The molecule has 3 rings (SSSR count). The molecule has 130 valence electrons. The minimum absolute atomic E-state index is 0.175. The van der Waals surface area contributed by atoms with E-state index < -0.39 is 32.7 Å². The Bertz CT molecular complexity index is 883. The molecule has 0 amide bonds. The summed E-state index contributed by atoms with van der Waals surface area (Å²) in [6.07, 6.45) is -3.63. The first-order valence-electron chi connectivity index (χ1n) is 7.75. The van der Waals surface area contributed by atoms with Crippen LogP contribution in [0.1, 0.15) is 30.0 Å². The molecule has 0 N–H and O–H groups in total. The largest absolute Gasteiger partial charge is 0.417 e. The lowest BCUT2D eigenvalue weighted by molar-refractivity contribution is -0.139. The molecule has 1 atom stereocenters. The molecule has 1 heterocycles. The molecule has 2 aromatic carbocycles. The van der Waals surface area contributed by atoms with Crippen molar-refractivity contribution >= 4 is 23.3 Å². The normalized spacial score (nSPS) is 19.2. The summed E-state index contributed by atoms with van der Waals surface area (Å²) in [4.78, 5) is -0.710. The fourth-order valence-corrected chi connectivity index (χ4v) is 5.08. The predicted molar refractivity (Wildman–Crippen MR) is 89.1 cm³/mol. The minimum Gasteiger partial charge on any atom is -0.207 e. The second kappa shape index (κ2) is 6.50. The van der Waals surface area contributed by atoms with Gasteiger partial charge in [0.2, 0.25) is 10.0 Å². The van der Waals surface area contributed by atoms with E-state index in [1.165, 1.54) is 12.1 Å². The molecule has 1 saturated heterocycles. The van der Waals surface area contributed by atoms with Crippen LogP contribution in [0.3, 0.4) is 0 Å². The molecular formula is C17H15BF3NO2S. The lowest BCUT2D eigenvalue weighted by atomic mass is 9.92. The maximum atomic E-state index is 13.2. The van der Waals surface area contributed by atoms with E-state index in [0.717, 1.165) is 16.4 Å². The Morgan fingerprint density at radius 1 is 1.08 bits per heavy atom. The van der Waals surface area contributed by atoms with E-state index in [9.17, 15) is 21.6 Å². The van der Waals surface area contributed by atoms with Gasteiger partial charge in [-0.3, -0.25) is 0 Å². The molecule has 8 heteroatoms. The molecule has 2 aromatic rings. The topological polar surface area (TPSA) is 37.4 Å². The van der Waals surface area contributed by atoms with Gasteiger partial charge in [-0.25, -0.2) is 8.42 Å². The second-order valence-corrected chi connectivity index (χ2v) is 7.80. The molecule has 0 spiro atoms. The number of rotatable bonds is 3. The summed E-state index contributed by atoms with van der Waals surface area (Å²) in [6, 6.07) is 10.5. The minimum atomic E-state index is -4.74. The first kappa shape index (κ1) is 18.0. The number of hydrogen-bond acceptors (Lipinski definition) is 2. The monoisotopic (exact) mass is 365 g/mol. The highest BCUT2D eigenvalue weighted by Gasteiger charge is 2.42. The van der Waals surface area contributed by atoms with Crippen molar-refractivity contribution in [3.63, 3.8) is 0 Å². The molecule has 0 saturated carbocycles. The zero-order chi connectivity index (χ0) is 18.2. The Morgan fingerprint density at radius 3 is 2.48 bits per heavy atom. The highest BCUT2D eigenvalue weighted by Crippen LogP contribution is 2.40. The van der Waals surface area contributed by atoms with Crippen molar-refractivity contribution in [1.29, 1.82) is 0 Å². The molecule has 1 aliphatic rings. The summed E-state index contributed by atoms with van der Waals surface area (Å²) in [5.74, 6) is 0. The first-order valence-corrected chi connectivity index (χ1v) is 9.19. The predicted octanol–water partition coefficient (Wildman–Crippen LogP) is 3.03. The number of hydrogen-bond donors (Lipinski definition) is 0. The maximum absolute atomic E-state index is 13.2. The van der Waals surface area contributed by atoms with Crippen molar-refractivity contribution < 1.29 is 21.6 Å². The van der Waals surface area contributed by atoms with Crippen molar-refractivity contribution in [2.24, 2.45) is 0 Å². The molecule has 25 heavy (non-hydrogen) atoms. The van der Waals surface area contributed by atoms with E-state index in [0.29, 0.717) is 23.9 Å². The van der Waals surface area contributed by atoms with Gasteiger partial charge in [-0.1, -0.05) is 41.9 Å². The Labute approximate surface area is 145 Å². The highest BCUT2D eigenvalue weighted by atomic mass is 32.2. The average molecular weight is 365 g/mol. The van der Waals surface area contributed by atoms with Gasteiger partial charge in [0.25, 0.3) is 0 Å². The summed E-state index contributed by atoms with van der Waals surface area (Å²) in [5, 5.41) is 0. The van der Waals surface area contributed by atoms with Gasteiger partial charge in [0.1, 0.15) is 7.85 Å². The van der Waals surface area contributed by atoms with Crippen molar-refractivity contribution in [3.8, 4) is 0 Å². The first-order chi connectivity index (χ1) is 11.7. The molecule has 2 radical (unpaired) electrons. The van der Waals surface area contributed by atoms with E-state index in [1.807, 2.05) is 0 Å². The van der Waals surface area contributed by atoms with Crippen LogP contribution in [0.2, 0.25) is 0 Å². The number of halogens is 3. The fraction of sp³-hybridized carbons (Fsp3) is 0.294. The SMILES string of the molecule is [B]c1cccc(C2CCCN2S(=O)(=O)c2ccccc2C(F)(F)F)c1. The number of alkyl halides is 3. The third-order valence-corrected chi connectivity index (χ3v) is 6.24. The van der Waals surface area contributed by atoms with Crippen LogP contribution in [0.25, 0.3) is 0 Å². The standard InChI is InChI=1S/C17H15BF3NO2S/c18-13-6-3-5-12(11-13)15-8-4-10-22(15)25(23,24)16-9-2-1-7-14(16)17(19,20)21/h1-3,5-7,9,11,15H,4,8,10H2. The maximum Gasteiger partial charge on any atom is 0.417 e. The molecule has 0 aromatic heterocycles. The van der Waals surface area contributed by atoms with E-state index in [1.54, 1.807) is 24.3 Å². The van der Waals surface area contributed by atoms with Gasteiger partial charge in [-0.15, -0.1) is 0 Å². The van der Waals surface area contributed by atoms with Gasteiger partial charge in [-0.05, 0) is 30.5 Å². The Balaban J connectivity index is 2.06. The van der Waals surface area contributed by atoms with Crippen LogP contribution in [0.15, 0.2) is 53.4 Å². The van der Waals surface area contributed by atoms with Gasteiger partial charge < -0.3 is 0 Å². The van der Waals surface area contributed by atoms with Gasteiger partial charge >= 0.3 is 6.18 Å². The van der Waals surface area contributed by atoms with Crippen molar-refractivity contribution in [3.05, 3.63) is 59.7 Å². The summed E-state index contributed by atoms with van der Waals surface area (Å²) < 4.78 is 66.8. The molecule has 1 unspecified atom stereocenters. The van der Waals surface area contributed by atoms with Crippen molar-refractivity contribution in [1.82, 2.24) is 4.31 Å². The molecule has 0 aliphatic carbocycles. The van der Waals surface area contributed by atoms with E-state index in [-0.39, 0.29) is 6.54 Å². The molecule has 3 nitrogen and oxygen atoms in total. The number of nitrogens with zero attached hydrogens (tertiary/aromatic N) is 1. The van der Waals surface area contributed by atoms with Crippen LogP contribution in [0.4, 0.5) is 13.2 Å². The van der Waals surface area contributed by atoms with E-state index in [2.05, 4.69) is 0 Å². The van der Waals surface area contributed by atoms with Gasteiger partial charge in [-0.2, -0.15) is 17.5 Å². The second-order valence-electron chi connectivity index (χ2n) is 5.94. The van der Waals surface area contributed by atoms with Crippen LogP contribution in [-0.2, 0) is 16.2 Å². The number of benzene rings is 2. The lowest BCUT2D eigenvalue weighted by Crippen LogP contribution is -2.32. The Kier molecular flexibility index (Phi) is 4.68. The highest BCUT2D eigenvalue weighted by molar-refractivity contribution is 7.89. The van der Waals surface area contributed by atoms with E-state index >= 15 is 0 Å². The zero-order valence-electron chi connectivity index (χ0n) is 13.2. The average Bonchev–Trinajstić information content (AvgIpc) is 3.04.